The van der Waals surface area contributed by atoms with E-state index >= 15 is 0 Å². The predicted octanol–water partition coefficient (Wildman–Crippen LogP) is 8.54. The fraction of sp³-hybridized carbons (Fsp3) is 0. The second-order valence-electron chi connectivity index (χ2n) is 10.2. The van der Waals surface area contributed by atoms with E-state index in [0.29, 0.717) is 11.4 Å². The van der Waals surface area contributed by atoms with Crippen LogP contribution in [0.25, 0.3) is 67.8 Å². The molecule has 206 valence electrons. The Morgan fingerprint density at radius 2 is 1.02 bits per heavy atom. The zero-order chi connectivity index (χ0) is 29.7. The number of nitrogens with zero attached hydrogens (tertiary/aromatic N) is 6. The lowest BCUT2D eigenvalue weighted by Gasteiger charge is -2.11. The molecule has 3 aromatic carbocycles. The molecule has 0 aliphatic carbocycles. The summed E-state index contributed by atoms with van der Waals surface area (Å²) in [5.74, 6) is 0.655. The summed E-state index contributed by atoms with van der Waals surface area (Å²) in [7, 11) is 0. The number of benzene rings is 3. The average molecular weight is 565 g/mol. The SMILES string of the molecule is N#Cc1ccc(-c2cc(-c3ccccn3)nc(-c3ccc(-c4cc(-c5ccccc5)nc(-c5ccccc5)n4)cn3)c2)cc1. The van der Waals surface area contributed by atoms with Gasteiger partial charge in [0.25, 0.3) is 0 Å². The number of pyridine rings is 3. The van der Waals surface area contributed by atoms with E-state index in [-0.39, 0.29) is 0 Å². The van der Waals surface area contributed by atoms with Crippen LogP contribution >= 0.6 is 0 Å². The van der Waals surface area contributed by atoms with E-state index in [0.717, 1.165) is 62.0 Å². The second kappa shape index (κ2) is 11.9. The number of rotatable bonds is 6. The Bertz CT molecular complexity index is 2030. The first-order valence-corrected chi connectivity index (χ1v) is 14.1. The number of nitriles is 1. The highest BCUT2D eigenvalue weighted by molar-refractivity contribution is 5.76. The summed E-state index contributed by atoms with van der Waals surface area (Å²) < 4.78 is 0. The van der Waals surface area contributed by atoms with Crippen molar-refractivity contribution in [3.05, 3.63) is 151 Å². The highest BCUT2D eigenvalue weighted by atomic mass is 14.9. The molecule has 7 aromatic rings. The maximum Gasteiger partial charge on any atom is 0.160 e. The van der Waals surface area contributed by atoms with Gasteiger partial charge in [-0.1, -0.05) is 78.9 Å². The van der Waals surface area contributed by atoms with E-state index in [9.17, 15) is 5.26 Å². The summed E-state index contributed by atoms with van der Waals surface area (Å²) in [6.45, 7) is 0. The molecule has 0 fully saturated rings. The van der Waals surface area contributed by atoms with E-state index < -0.39 is 0 Å². The van der Waals surface area contributed by atoms with E-state index in [2.05, 4.69) is 11.1 Å². The van der Waals surface area contributed by atoms with Crippen molar-refractivity contribution in [1.82, 2.24) is 24.9 Å². The maximum atomic E-state index is 9.25. The lowest BCUT2D eigenvalue weighted by atomic mass is 10.0. The topological polar surface area (TPSA) is 88.2 Å². The molecule has 44 heavy (non-hydrogen) atoms. The van der Waals surface area contributed by atoms with Gasteiger partial charge in [-0.3, -0.25) is 9.97 Å². The van der Waals surface area contributed by atoms with E-state index in [1.54, 1.807) is 6.20 Å². The van der Waals surface area contributed by atoms with Crippen molar-refractivity contribution in [3.8, 4) is 73.9 Å². The summed E-state index contributed by atoms with van der Waals surface area (Å²) in [4.78, 5) is 24.1. The zero-order valence-corrected chi connectivity index (χ0v) is 23.5. The molecule has 4 aromatic heterocycles. The molecule has 0 N–H and O–H groups in total. The molecule has 7 rings (SSSR count). The monoisotopic (exact) mass is 564 g/mol. The zero-order valence-electron chi connectivity index (χ0n) is 23.5. The van der Waals surface area contributed by atoms with Gasteiger partial charge in [-0.2, -0.15) is 5.26 Å². The molecule has 0 radical (unpaired) electrons. The molecular formula is C38H24N6. The summed E-state index contributed by atoms with van der Waals surface area (Å²) in [5.41, 5.74) is 9.96. The van der Waals surface area contributed by atoms with Gasteiger partial charge in [0.2, 0.25) is 0 Å². The highest BCUT2D eigenvalue weighted by Crippen LogP contribution is 2.31. The van der Waals surface area contributed by atoms with E-state index in [1.807, 2.05) is 140 Å². The molecule has 4 heterocycles. The molecule has 0 aliphatic heterocycles. The lowest BCUT2D eigenvalue weighted by molar-refractivity contribution is 1.17. The van der Waals surface area contributed by atoms with Crippen LogP contribution in [-0.4, -0.2) is 24.9 Å². The first-order valence-electron chi connectivity index (χ1n) is 14.1. The molecule has 0 bridgehead atoms. The molecule has 0 aliphatic rings. The Morgan fingerprint density at radius 3 is 1.64 bits per heavy atom. The van der Waals surface area contributed by atoms with Crippen LogP contribution in [-0.2, 0) is 0 Å². The molecule has 0 spiro atoms. The predicted molar refractivity (Wildman–Crippen MR) is 173 cm³/mol. The minimum absolute atomic E-state index is 0.612. The van der Waals surface area contributed by atoms with Crippen LogP contribution in [0.5, 0.6) is 0 Å². The molecule has 6 heteroatoms. The van der Waals surface area contributed by atoms with Crippen LogP contribution in [0.3, 0.4) is 0 Å². The Labute approximate surface area is 255 Å². The Morgan fingerprint density at radius 1 is 0.409 bits per heavy atom. The van der Waals surface area contributed by atoms with E-state index in [4.69, 9.17) is 19.9 Å². The summed E-state index contributed by atoms with van der Waals surface area (Å²) >= 11 is 0. The van der Waals surface area contributed by atoms with Crippen molar-refractivity contribution in [2.24, 2.45) is 0 Å². The van der Waals surface area contributed by atoms with Gasteiger partial charge in [-0.15, -0.1) is 0 Å². The molecular weight excluding hydrogens is 540 g/mol. The third-order valence-electron chi connectivity index (χ3n) is 7.25. The minimum Gasteiger partial charge on any atom is -0.255 e. The molecule has 0 unspecified atom stereocenters. The summed E-state index contributed by atoms with van der Waals surface area (Å²) in [6.07, 6.45) is 3.59. The molecule has 0 atom stereocenters. The Hall–Kier alpha value is -6.32. The first-order chi connectivity index (χ1) is 21.7. The van der Waals surface area contributed by atoms with Gasteiger partial charge >= 0.3 is 0 Å². The van der Waals surface area contributed by atoms with Crippen LogP contribution in [0.4, 0.5) is 0 Å². The standard InChI is InChI=1S/C38H24N6/c39-24-26-14-16-27(17-15-26)31-21-36(32-13-7-8-20-40-32)42-37(22-31)33-19-18-30(25-41-33)35-23-34(28-9-3-1-4-10-28)43-38(44-35)29-11-5-2-6-12-29/h1-23,25H. The van der Waals surface area contributed by atoms with Crippen molar-refractivity contribution < 1.29 is 0 Å². The van der Waals surface area contributed by atoms with Crippen LogP contribution in [0, 0.1) is 11.3 Å². The molecule has 6 nitrogen and oxygen atoms in total. The third-order valence-corrected chi connectivity index (χ3v) is 7.25. The largest absolute Gasteiger partial charge is 0.255 e. The van der Waals surface area contributed by atoms with Crippen LogP contribution < -0.4 is 0 Å². The van der Waals surface area contributed by atoms with Gasteiger partial charge in [-0.25, -0.2) is 15.0 Å². The van der Waals surface area contributed by atoms with Crippen molar-refractivity contribution >= 4 is 0 Å². The molecule has 0 amide bonds. The third kappa shape index (κ3) is 5.58. The summed E-state index contributed by atoms with van der Waals surface area (Å²) in [6, 6.07) is 45.6. The quantitative estimate of drug-likeness (QED) is 0.201. The minimum atomic E-state index is 0.612. The molecule has 0 saturated carbocycles. The fourth-order valence-electron chi connectivity index (χ4n) is 4.98. The first kappa shape index (κ1) is 26.6. The van der Waals surface area contributed by atoms with Gasteiger partial charge in [0.15, 0.2) is 5.82 Å². The average Bonchev–Trinajstić information content (AvgIpc) is 3.12. The van der Waals surface area contributed by atoms with Gasteiger partial charge in [0.05, 0.1) is 45.8 Å². The lowest BCUT2D eigenvalue weighted by Crippen LogP contribution is -1.97. The van der Waals surface area contributed by atoms with Crippen molar-refractivity contribution in [2.45, 2.75) is 0 Å². The van der Waals surface area contributed by atoms with Crippen LogP contribution in [0.2, 0.25) is 0 Å². The fourth-order valence-corrected chi connectivity index (χ4v) is 4.98. The van der Waals surface area contributed by atoms with Gasteiger partial charge in [-0.05, 0) is 65.7 Å². The Kier molecular flexibility index (Phi) is 7.18. The van der Waals surface area contributed by atoms with E-state index in [1.165, 1.54) is 0 Å². The number of hydrogen-bond donors (Lipinski definition) is 0. The van der Waals surface area contributed by atoms with Crippen molar-refractivity contribution in [3.63, 3.8) is 0 Å². The van der Waals surface area contributed by atoms with Gasteiger partial charge in [0, 0.05) is 29.1 Å². The normalized spacial score (nSPS) is 10.7. The highest BCUT2D eigenvalue weighted by Gasteiger charge is 2.13. The summed E-state index contributed by atoms with van der Waals surface area (Å²) in [5, 5.41) is 9.25. The second-order valence-corrected chi connectivity index (χ2v) is 10.2. The molecule has 0 saturated heterocycles. The smallest absolute Gasteiger partial charge is 0.160 e. The van der Waals surface area contributed by atoms with Gasteiger partial charge < -0.3 is 0 Å². The number of hydrogen-bond acceptors (Lipinski definition) is 6. The Balaban J connectivity index is 1.30. The maximum absolute atomic E-state index is 9.25. The van der Waals surface area contributed by atoms with Crippen molar-refractivity contribution in [2.75, 3.05) is 0 Å². The van der Waals surface area contributed by atoms with Crippen LogP contribution in [0.15, 0.2) is 146 Å². The van der Waals surface area contributed by atoms with Crippen LogP contribution in [0.1, 0.15) is 5.56 Å². The number of aromatic nitrogens is 5. The van der Waals surface area contributed by atoms with Crippen molar-refractivity contribution in [1.29, 1.82) is 5.26 Å². The van der Waals surface area contributed by atoms with Gasteiger partial charge in [0.1, 0.15) is 0 Å².